The highest BCUT2D eigenvalue weighted by molar-refractivity contribution is 7.22. The lowest BCUT2D eigenvalue weighted by Crippen LogP contribution is -2.49. The maximum absolute atomic E-state index is 15.8. The Morgan fingerprint density at radius 3 is 2.83 bits per heavy atom. The SMILES string of the molecule is CCc1cc(-c2cc3c(N(C(=O)c4ccc(-n5nnc6cccnc65)cc4F)[C@@H]4CCCNC4)nccc3s2)ccn1. The number of nitrogens with one attached hydrogen (secondary N) is 1. The first-order valence-electron chi connectivity index (χ1n) is 13.9. The summed E-state index contributed by atoms with van der Waals surface area (Å²) in [5.41, 5.74) is 3.60. The third-order valence-corrected chi connectivity index (χ3v) is 8.76. The lowest BCUT2D eigenvalue weighted by Gasteiger charge is -2.34. The van der Waals surface area contributed by atoms with Gasteiger partial charge in [-0.25, -0.2) is 14.4 Å². The van der Waals surface area contributed by atoms with Crippen molar-refractivity contribution in [1.29, 1.82) is 0 Å². The summed E-state index contributed by atoms with van der Waals surface area (Å²) in [6, 6.07) is 16.0. The number of benzene rings is 1. The summed E-state index contributed by atoms with van der Waals surface area (Å²) in [6.45, 7) is 3.56. The van der Waals surface area contributed by atoms with E-state index >= 15 is 4.39 Å². The van der Waals surface area contributed by atoms with E-state index in [9.17, 15) is 4.79 Å². The van der Waals surface area contributed by atoms with E-state index in [1.54, 1.807) is 46.8 Å². The van der Waals surface area contributed by atoms with E-state index in [0.29, 0.717) is 29.2 Å². The molecule has 1 aromatic carbocycles. The molecule has 7 rings (SSSR count). The van der Waals surface area contributed by atoms with Crippen LogP contribution in [-0.4, -0.2) is 55.0 Å². The van der Waals surface area contributed by atoms with Gasteiger partial charge in [-0.15, -0.1) is 16.4 Å². The second-order valence-corrected chi connectivity index (χ2v) is 11.3. The summed E-state index contributed by atoms with van der Waals surface area (Å²) in [7, 11) is 0. The molecule has 1 aliphatic heterocycles. The van der Waals surface area contributed by atoms with Crippen molar-refractivity contribution in [3.05, 3.63) is 90.3 Å². The van der Waals surface area contributed by atoms with Crippen molar-refractivity contribution < 1.29 is 9.18 Å². The van der Waals surface area contributed by atoms with Crippen LogP contribution in [0.4, 0.5) is 10.2 Å². The van der Waals surface area contributed by atoms with E-state index in [1.807, 2.05) is 18.3 Å². The minimum absolute atomic E-state index is 0.0299. The minimum Gasteiger partial charge on any atom is -0.315 e. The van der Waals surface area contributed by atoms with E-state index in [2.05, 4.69) is 44.7 Å². The number of aromatic nitrogens is 6. The molecule has 0 bridgehead atoms. The molecule has 1 amide bonds. The van der Waals surface area contributed by atoms with Gasteiger partial charge in [0.15, 0.2) is 5.65 Å². The van der Waals surface area contributed by atoms with Gasteiger partial charge in [0.05, 0.1) is 17.3 Å². The van der Waals surface area contributed by atoms with Crippen LogP contribution in [0.2, 0.25) is 0 Å². The molecular weight excluding hydrogens is 551 g/mol. The van der Waals surface area contributed by atoms with Gasteiger partial charge in [0.2, 0.25) is 0 Å². The van der Waals surface area contributed by atoms with Gasteiger partial charge in [-0.2, -0.15) is 4.68 Å². The first-order chi connectivity index (χ1) is 20.6. The van der Waals surface area contributed by atoms with Crippen LogP contribution in [0.3, 0.4) is 0 Å². The zero-order valence-corrected chi connectivity index (χ0v) is 23.7. The quantitative estimate of drug-likeness (QED) is 0.275. The molecule has 11 heteroatoms. The number of halogens is 1. The van der Waals surface area contributed by atoms with Crippen LogP contribution < -0.4 is 10.2 Å². The summed E-state index contributed by atoms with van der Waals surface area (Å²) in [4.78, 5) is 30.5. The molecule has 0 unspecified atom stereocenters. The van der Waals surface area contributed by atoms with Gasteiger partial charge < -0.3 is 5.32 Å². The number of hydrogen-bond donors (Lipinski definition) is 1. The zero-order valence-electron chi connectivity index (χ0n) is 22.9. The number of carbonyl (C=O) groups is 1. The fourth-order valence-electron chi connectivity index (χ4n) is 5.47. The summed E-state index contributed by atoms with van der Waals surface area (Å²) >= 11 is 1.64. The number of carbonyl (C=O) groups excluding carboxylic acids is 1. The van der Waals surface area contributed by atoms with E-state index < -0.39 is 11.7 Å². The number of piperidine rings is 1. The molecule has 1 atom stereocenters. The number of rotatable bonds is 6. The van der Waals surface area contributed by atoms with Crippen molar-refractivity contribution in [2.24, 2.45) is 0 Å². The molecule has 6 aromatic rings. The lowest BCUT2D eigenvalue weighted by atomic mass is 10.0. The van der Waals surface area contributed by atoms with E-state index in [-0.39, 0.29) is 11.6 Å². The van der Waals surface area contributed by atoms with Crippen LogP contribution in [0, 0.1) is 5.82 Å². The average Bonchev–Trinajstić information content (AvgIpc) is 3.67. The summed E-state index contributed by atoms with van der Waals surface area (Å²) in [5.74, 6) is -0.541. The Bertz CT molecular complexity index is 1930. The molecule has 1 N–H and O–H groups in total. The molecule has 0 spiro atoms. The van der Waals surface area contributed by atoms with Crippen LogP contribution in [-0.2, 0) is 6.42 Å². The largest absolute Gasteiger partial charge is 0.315 e. The number of nitrogens with zero attached hydrogens (tertiary/aromatic N) is 7. The molecule has 0 saturated carbocycles. The molecule has 5 aromatic heterocycles. The first kappa shape index (κ1) is 26.3. The minimum atomic E-state index is -0.645. The highest BCUT2D eigenvalue weighted by Crippen LogP contribution is 2.39. The van der Waals surface area contributed by atoms with Crippen molar-refractivity contribution in [1.82, 2.24) is 35.3 Å². The molecule has 1 aliphatic rings. The van der Waals surface area contributed by atoms with E-state index in [4.69, 9.17) is 4.98 Å². The summed E-state index contributed by atoms with van der Waals surface area (Å²) in [6.07, 6.45) is 7.72. The molecule has 42 heavy (non-hydrogen) atoms. The fourth-order valence-corrected chi connectivity index (χ4v) is 6.52. The normalized spacial score (nSPS) is 15.3. The first-order valence-corrected chi connectivity index (χ1v) is 14.8. The molecule has 210 valence electrons. The summed E-state index contributed by atoms with van der Waals surface area (Å²) < 4.78 is 18.3. The monoisotopic (exact) mass is 578 g/mol. The highest BCUT2D eigenvalue weighted by Gasteiger charge is 2.32. The predicted octanol–water partition coefficient (Wildman–Crippen LogP) is 5.59. The summed E-state index contributed by atoms with van der Waals surface area (Å²) in [5, 5.41) is 12.5. The van der Waals surface area contributed by atoms with Crippen LogP contribution in [0.15, 0.2) is 73.2 Å². The van der Waals surface area contributed by atoms with Gasteiger partial charge in [0.25, 0.3) is 5.91 Å². The smallest absolute Gasteiger partial charge is 0.262 e. The second-order valence-electron chi connectivity index (χ2n) is 10.2. The van der Waals surface area contributed by atoms with Crippen LogP contribution in [0.5, 0.6) is 0 Å². The molecule has 0 aliphatic carbocycles. The molecule has 9 nitrogen and oxygen atoms in total. The topological polar surface area (TPSA) is 102 Å². The van der Waals surface area contributed by atoms with Crippen molar-refractivity contribution in [2.45, 2.75) is 32.2 Å². The fraction of sp³-hybridized carbons (Fsp3) is 0.226. The van der Waals surface area contributed by atoms with Gasteiger partial charge >= 0.3 is 0 Å². The Morgan fingerprint density at radius 1 is 1.10 bits per heavy atom. The standard InChI is InChI=1S/C31H27FN8OS/c1-2-20-15-19(9-13-34-20)28-17-24-27(42-28)10-14-36-29(24)39(22-5-3-11-33-18-22)31(41)23-8-7-21(16-25(23)32)40-30-26(37-38-40)6-4-12-35-30/h4,6-10,12-17,22,33H,2-3,5,11,18H2,1H3/t22-/m1/s1. The third kappa shape index (κ3) is 4.70. The van der Waals surface area contributed by atoms with Crippen LogP contribution in [0.25, 0.3) is 37.4 Å². The second kappa shape index (κ2) is 11.0. The Hall–Kier alpha value is -4.61. The zero-order chi connectivity index (χ0) is 28.6. The van der Waals surface area contributed by atoms with Gasteiger partial charge in [-0.1, -0.05) is 12.1 Å². The maximum Gasteiger partial charge on any atom is 0.262 e. The van der Waals surface area contributed by atoms with Gasteiger partial charge in [-0.3, -0.25) is 14.7 Å². The molecule has 1 fully saturated rings. The number of fused-ring (bicyclic) bond motifs is 2. The van der Waals surface area contributed by atoms with E-state index in [1.165, 1.54) is 16.8 Å². The molecule has 6 heterocycles. The Morgan fingerprint density at radius 2 is 2.00 bits per heavy atom. The van der Waals surface area contributed by atoms with E-state index in [0.717, 1.165) is 52.0 Å². The predicted molar refractivity (Wildman–Crippen MR) is 162 cm³/mol. The number of hydrogen-bond acceptors (Lipinski definition) is 8. The maximum atomic E-state index is 15.8. The van der Waals surface area contributed by atoms with Gasteiger partial charge in [-0.05, 0) is 79.9 Å². The number of aryl methyl sites for hydroxylation is 1. The molecule has 1 saturated heterocycles. The molecule has 0 radical (unpaired) electrons. The van der Waals surface area contributed by atoms with Crippen molar-refractivity contribution in [3.63, 3.8) is 0 Å². The van der Waals surface area contributed by atoms with Gasteiger partial charge in [0, 0.05) is 51.9 Å². The van der Waals surface area contributed by atoms with Crippen molar-refractivity contribution in [2.75, 3.05) is 18.0 Å². The molecular formula is C31H27FN8OS. The third-order valence-electron chi connectivity index (χ3n) is 7.61. The number of amides is 1. The van der Waals surface area contributed by atoms with Crippen LogP contribution in [0.1, 0.15) is 35.8 Å². The van der Waals surface area contributed by atoms with Crippen molar-refractivity contribution in [3.8, 4) is 16.1 Å². The van der Waals surface area contributed by atoms with Crippen LogP contribution >= 0.6 is 11.3 Å². The Balaban J connectivity index is 1.30. The Kier molecular flexibility index (Phi) is 6.88. The highest BCUT2D eigenvalue weighted by atomic mass is 32.1. The number of thiophene rings is 1. The average molecular weight is 579 g/mol. The lowest BCUT2D eigenvalue weighted by molar-refractivity contribution is 0.0968. The van der Waals surface area contributed by atoms with Crippen molar-refractivity contribution >= 4 is 44.3 Å². The number of anilines is 1. The Labute approximate surface area is 245 Å². The van der Waals surface area contributed by atoms with Gasteiger partial charge in [0.1, 0.15) is 17.2 Å². The number of pyridine rings is 3.